The van der Waals surface area contributed by atoms with Crippen molar-refractivity contribution in [1.29, 1.82) is 0 Å². The Morgan fingerprint density at radius 3 is 2.59 bits per heavy atom. The maximum atomic E-state index is 12.2. The highest BCUT2D eigenvalue weighted by Gasteiger charge is 2.28. The van der Waals surface area contributed by atoms with Crippen LogP contribution in [0.1, 0.15) is 34.5 Å². The van der Waals surface area contributed by atoms with E-state index in [4.69, 9.17) is 21.9 Å². The fourth-order valence-electron chi connectivity index (χ4n) is 2.20. The van der Waals surface area contributed by atoms with E-state index in [0.717, 1.165) is 5.56 Å². The zero-order valence-electron chi connectivity index (χ0n) is 12.2. The van der Waals surface area contributed by atoms with Crippen LogP contribution in [0.2, 0.25) is 5.02 Å². The first-order valence-electron chi connectivity index (χ1n) is 6.67. The standard InChI is InChI=1S/C15H16ClN3O3/c1-8(10-5-3-4-6-12(10)16)13(14(17)20)18-15(21)11-7-22-19-9(11)2/h3-8,13H,1-2H3,(H2,17,20)(H,18,21). The number of rotatable bonds is 5. The van der Waals surface area contributed by atoms with Crippen LogP contribution < -0.4 is 11.1 Å². The van der Waals surface area contributed by atoms with Crippen molar-refractivity contribution in [2.45, 2.75) is 25.8 Å². The number of carbonyl (C=O) groups is 2. The van der Waals surface area contributed by atoms with Crippen LogP contribution >= 0.6 is 11.6 Å². The van der Waals surface area contributed by atoms with E-state index >= 15 is 0 Å². The van der Waals surface area contributed by atoms with Crippen molar-refractivity contribution in [3.05, 3.63) is 52.4 Å². The number of nitrogens with one attached hydrogen (secondary N) is 1. The average molecular weight is 322 g/mol. The molecule has 6 nitrogen and oxygen atoms in total. The number of aromatic nitrogens is 1. The van der Waals surface area contributed by atoms with Gasteiger partial charge >= 0.3 is 0 Å². The van der Waals surface area contributed by atoms with Gasteiger partial charge < -0.3 is 15.6 Å². The van der Waals surface area contributed by atoms with Gasteiger partial charge in [-0.3, -0.25) is 9.59 Å². The molecule has 3 N–H and O–H groups in total. The van der Waals surface area contributed by atoms with Crippen LogP contribution in [-0.4, -0.2) is 23.0 Å². The zero-order chi connectivity index (χ0) is 16.3. The summed E-state index contributed by atoms with van der Waals surface area (Å²) in [5.74, 6) is -1.49. The van der Waals surface area contributed by atoms with E-state index in [-0.39, 0.29) is 11.5 Å². The smallest absolute Gasteiger partial charge is 0.257 e. The third kappa shape index (κ3) is 3.28. The number of amides is 2. The quantitative estimate of drug-likeness (QED) is 0.880. The first kappa shape index (κ1) is 16.0. The Hall–Kier alpha value is -2.34. The van der Waals surface area contributed by atoms with Gasteiger partial charge in [0.2, 0.25) is 5.91 Å². The molecule has 22 heavy (non-hydrogen) atoms. The number of nitrogens with zero attached hydrogens (tertiary/aromatic N) is 1. The molecule has 2 aromatic rings. The fourth-order valence-corrected chi connectivity index (χ4v) is 2.50. The summed E-state index contributed by atoms with van der Waals surface area (Å²) >= 11 is 6.14. The Labute approximate surface area is 132 Å². The maximum Gasteiger partial charge on any atom is 0.257 e. The lowest BCUT2D eigenvalue weighted by atomic mass is 9.92. The predicted octanol–water partition coefficient (Wildman–Crippen LogP) is 2.02. The molecule has 0 saturated carbocycles. The molecule has 7 heteroatoms. The lowest BCUT2D eigenvalue weighted by molar-refractivity contribution is -0.120. The number of hydrogen-bond donors (Lipinski definition) is 2. The van der Waals surface area contributed by atoms with Crippen LogP contribution in [0.4, 0.5) is 0 Å². The first-order chi connectivity index (χ1) is 10.4. The van der Waals surface area contributed by atoms with Crippen molar-refractivity contribution in [2.24, 2.45) is 5.73 Å². The van der Waals surface area contributed by atoms with Crippen molar-refractivity contribution in [3.8, 4) is 0 Å². The van der Waals surface area contributed by atoms with E-state index in [9.17, 15) is 9.59 Å². The SMILES string of the molecule is Cc1nocc1C(=O)NC(C(N)=O)C(C)c1ccccc1Cl. The summed E-state index contributed by atoms with van der Waals surface area (Å²) in [4.78, 5) is 24.0. The summed E-state index contributed by atoms with van der Waals surface area (Å²) in [6, 6.07) is 6.21. The second kappa shape index (κ2) is 6.62. The van der Waals surface area contributed by atoms with Crippen LogP contribution in [0.5, 0.6) is 0 Å². The van der Waals surface area contributed by atoms with Gasteiger partial charge in [-0.2, -0.15) is 0 Å². The third-order valence-corrected chi connectivity index (χ3v) is 3.83. The van der Waals surface area contributed by atoms with Gasteiger partial charge in [-0.1, -0.05) is 41.9 Å². The van der Waals surface area contributed by atoms with Crippen molar-refractivity contribution in [3.63, 3.8) is 0 Å². The van der Waals surface area contributed by atoms with Gasteiger partial charge in [0, 0.05) is 10.9 Å². The van der Waals surface area contributed by atoms with Crippen molar-refractivity contribution in [1.82, 2.24) is 10.5 Å². The van der Waals surface area contributed by atoms with Crippen LogP contribution in [0.3, 0.4) is 0 Å². The monoisotopic (exact) mass is 321 g/mol. The summed E-state index contributed by atoms with van der Waals surface area (Å²) in [6.45, 7) is 3.41. The van der Waals surface area contributed by atoms with Crippen molar-refractivity contribution in [2.75, 3.05) is 0 Å². The van der Waals surface area contributed by atoms with Gasteiger partial charge in [-0.15, -0.1) is 0 Å². The molecule has 1 aromatic heterocycles. The zero-order valence-corrected chi connectivity index (χ0v) is 12.9. The van der Waals surface area contributed by atoms with Gasteiger partial charge in [0.1, 0.15) is 17.9 Å². The van der Waals surface area contributed by atoms with Crippen LogP contribution in [0.15, 0.2) is 35.1 Å². The second-order valence-corrected chi connectivity index (χ2v) is 5.38. The Bertz CT molecular complexity index is 699. The van der Waals surface area contributed by atoms with Gasteiger partial charge in [0.05, 0.1) is 5.69 Å². The molecule has 0 saturated heterocycles. The number of aryl methyl sites for hydroxylation is 1. The molecule has 2 rings (SSSR count). The Morgan fingerprint density at radius 1 is 1.36 bits per heavy atom. The Morgan fingerprint density at radius 2 is 2.05 bits per heavy atom. The molecule has 2 amide bonds. The van der Waals surface area contributed by atoms with E-state index in [1.54, 1.807) is 32.0 Å². The Kier molecular flexibility index (Phi) is 4.82. The highest BCUT2D eigenvalue weighted by Crippen LogP contribution is 2.26. The summed E-state index contributed by atoms with van der Waals surface area (Å²) in [5.41, 5.74) is 6.86. The third-order valence-electron chi connectivity index (χ3n) is 3.48. The molecule has 2 atom stereocenters. The molecule has 0 aliphatic carbocycles. The summed E-state index contributed by atoms with van der Waals surface area (Å²) < 4.78 is 4.72. The fraction of sp³-hybridized carbons (Fsp3) is 0.267. The van der Waals surface area contributed by atoms with Gasteiger partial charge in [0.25, 0.3) is 5.91 Å². The number of benzene rings is 1. The summed E-state index contributed by atoms with van der Waals surface area (Å²) in [7, 11) is 0. The molecule has 116 valence electrons. The molecule has 0 aliphatic rings. The minimum Gasteiger partial charge on any atom is -0.368 e. The number of hydrogen-bond acceptors (Lipinski definition) is 4. The number of carbonyl (C=O) groups excluding carboxylic acids is 2. The summed E-state index contributed by atoms with van der Waals surface area (Å²) in [6.07, 6.45) is 1.23. The van der Waals surface area contributed by atoms with E-state index in [1.807, 2.05) is 6.07 Å². The van der Waals surface area contributed by atoms with Gasteiger partial charge in [0.15, 0.2) is 0 Å². The molecule has 2 unspecified atom stereocenters. The molecule has 0 spiro atoms. The first-order valence-corrected chi connectivity index (χ1v) is 7.05. The predicted molar refractivity (Wildman–Crippen MR) is 81.6 cm³/mol. The average Bonchev–Trinajstić information content (AvgIpc) is 2.90. The molecular formula is C15H16ClN3O3. The summed E-state index contributed by atoms with van der Waals surface area (Å²) in [5, 5.41) is 6.76. The number of nitrogens with two attached hydrogens (primary N) is 1. The van der Waals surface area contributed by atoms with Gasteiger partial charge in [-0.25, -0.2) is 0 Å². The molecule has 0 bridgehead atoms. The highest BCUT2D eigenvalue weighted by molar-refractivity contribution is 6.31. The minimum absolute atomic E-state index is 0.262. The lowest BCUT2D eigenvalue weighted by Gasteiger charge is -2.23. The number of primary amides is 1. The molecule has 1 heterocycles. The highest BCUT2D eigenvalue weighted by atomic mass is 35.5. The number of halogens is 1. The molecule has 0 aliphatic heterocycles. The van der Waals surface area contributed by atoms with Gasteiger partial charge in [-0.05, 0) is 18.6 Å². The largest absolute Gasteiger partial charge is 0.368 e. The van der Waals surface area contributed by atoms with E-state index < -0.39 is 17.9 Å². The maximum absolute atomic E-state index is 12.2. The molecule has 1 aromatic carbocycles. The minimum atomic E-state index is -0.901. The molecule has 0 fully saturated rings. The molecule has 0 radical (unpaired) electrons. The normalized spacial score (nSPS) is 13.4. The van der Waals surface area contributed by atoms with Crippen LogP contribution in [0.25, 0.3) is 0 Å². The lowest BCUT2D eigenvalue weighted by Crippen LogP contribution is -2.47. The van der Waals surface area contributed by atoms with E-state index in [1.165, 1.54) is 6.26 Å². The Balaban J connectivity index is 2.24. The topological polar surface area (TPSA) is 98.2 Å². The van der Waals surface area contributed by atoms with Crippen LogP contribution in [-0.2, 0) is 4.79 Å². The second-order valence-electron chi connectivity index (χ2n) is 4.98. The van der Waals surface area contributed by atoms with Crippen molar-refractivity contribution < 1.29 is 14.1 Å². The molecular weight excluding hydrogens is 306 g/mol. The van der Waals surface area contributed by atoms with Crippen LogP contribution in [0, 0.1) is 6.92 Å². The van der Waals surface area contributed by atoms with E-state index in [0.29, 0.717) is 10.7 Å². The van der Waals surface area contributed by atoms with Crippen molar-refractivity contribution >= 4 is 23.4 Å². The van der Waals surface area contributed by atoms with E-state index in [2.05, 4.69) is 10.5 Å².